The van der Waals surface area contributed by atoms with Crippen molar-refractivity contribution < 1.29 is 27.6 Å². The van der Waals surface area contributed by atoms with Gasteiger partial charge in [-0.1, -0.05) is 17.7 Å². The van der Waals surface area contributed by atoms with Gasteiger partial charge in [0.2, 0.25) is 5.91 Å². The summed E-state index contributed by atoms with van der Waals surface area (Å²) >= 11 is 5.87. The molecule has 10 heteroatoms. The van der Waals surface area contributed by atoms with Gasteiger partial charge < -0.3 is 15.5 Å². The third-order valence-electron chi connectivity index (χ3n) is 5.38. The summed E-state index contributed by atoms with van der Waals surface area (Å²) in [5, 5.41) is 5.09. The third kappa shape index (κ3) is 6.71. The third-order valence-corrected chi connectivity index (χ3v) is 5.63. The number of benzene rings is 2. The molecular weight excluding hydrogens is 459 g/mol. The van der Waals surface area contributed by atoms with E-state index in [2.05, 4.69) is 5.32 Å². The summed E-state index contributed by atoms with van der Waals surface area (Å²) in [6.45, 7) is 1.03. The van der Waals surface area contributed by atoms with Gasteiger partial charge in [0.05, 0.1) is 5.92 Å². The fourth-order valence-electron chi connectivity index (χ4n) is 3.57. The van der Waals surface area contributed by atoms with Crippen LogP contribution in [0.2, 0.25) is 5.02 Å². The molecule has 0 aromatic heterocycles. The Labute approximate surface area is 194 Å². The maximum absolute atomic E-state index is 12.9. The van der Waals surface area contributed by atoms with Crippen molar-refractivity contribution >= 4 is 35.0 Å². The van der Waals surface area contributed by atoms with Crippen molar-refractivity contribution in [1.29, 1.82) is 0 Å². The number of halogens is 4. The zero-order valence-electron chi connectivity index (χ0n) is 17.8. The number of likely N-dealkylation sites (tertiary alicyclic amines) is 1. The Morgan fingerprint density at radius 1 is 1.09 bits per heavy atom. The Morgan fingerprint density at radius 2 is 1.76 bits per heavy atom. The van der Waals surface area contributed by atoms with Crippen molar-refractivity contribution in [3.8, 4) is 0 Å². The highest BCUT2D eigenvalue weighted by atomic mass is 35.5. The maximum Gasteiger partial charge on any atom is 0.405 e. The predicted molar refractivity (Wildman–Crippen MR) is 118 cm³/mol. The molecule has 0 radical (unpaired) electrons. The molecule has 0 aliphatic carbocycles. The fraction of sp³-hybridized carbons (Fsp3) is 0.348. The summed E-state index contributed by atoms with van der Waals surface area (Å²) in [6, 6.07) is 10.8. The lowest BCUT2D eigenvalue weighted by Crippen LogP contribution is -2.43. The number of piperidine rings is 1. The molecule has 1 heterocycles. The normalized spacial score (nSPS) is 16.3. The average molecular weight is 482 g/mol. The number of carbonyl (C=O) groups excluding carboxylic acids is 3. The summed E-state index contributed by atoms with van der Waals surface area (Å²) in [6.07, 6.45) is -3.29. The van der Waals surface area contributed by atoms with Crippen molar-refractivity contribution in [2.24, 2.45) is 5.92 Å². The first kappa shape index (κ1) is 24.6. The van der Waals surface area contributed by atoms with Crippen LogP contribution in [0.25, 0.3) is 0 Å². The molecular formula is C23H23ClF3N3O3. The van der Waals surface area contributed by atoms with Crippen molar-refractivity contribution in [3.05, 3.63) is 64.2 Å². The largest absolute Gasteiger partial charge is 0.405 e. The zero-order valence-corrected chi connectivity index (χ0v) is 18.6. The monoisotopic (exact) mass is 481 g/mol. The predicted octanol–water partition coefficient (Wildman–Crippen LogP) is 4.43. The van der Waals surface area contributed by atoms with Gasteiger partial charge in [0.15, 0.2) is 0 Å². The van der Waals surface area contributed by atoms with Crippen LogP contribution >= 0.6 is 11.6 Å². The van der Waals surface area contributed by atoms with Crippen LogP contribution in [0.15, 0.2) is 42.5 Å². The molecule has 1 fully saturated rings. The lowest BCUT2D eigenvalue weighted by Gasteiger charge is -2.32. The van der Waals surface area contributed by atoms with E-state index < -0.39 is 24.5 Å². The van der Waals surface area contributed by atoms with Crippen LogP contribution in [0, 0.1) is 12.8 Å². The standard InChI is InChI=1S/C23H23ClF3N3O3/c1-14-4-5-16(20(31)28-13-23(25,26)27)11-19(14)29-21(32)17-3-2-10-30(12-17)22(33)15-6-8-18(24)9-7-15/h4-9,11,17H,2-3,10,12-13H2,1H3,(H,28,31)(H,29,32). The molecule has 2 aromatic carbocycles. The van der Waals surface area contributed by atoms with E-state index in [4.69, 9.17) is 11.6 Å². The molecule has 2 aromatic rings. The minimum Gasteiger partial charge on any atom is -0.343 e. The second kappa shape index (κ2) is 10.2. The second-order valence-electron chi connectivity index (χ2n) is 7.91. The lowest BCUT2D eigenvalue weighted by molar-refractivity contribution is -0.123. The van der Waals surface area contributed by atoms with Gasteiger partial charge in [-0.05, 0) is 61.7 Å². The van der Waals surface area contributed by atoms with Gasteiger partial charge in [-0.3, -0.25) is 14.4 Å². The smallest absolute Gasteiger partial charge is 0.343 e. The Balaban J connectivity index is 1.66. The second-order valence-corrected chi connectivity index (χ2v) is 8.35. The van der Waals surface area contributed by atoms with Gasteiger partial charge in [0, 0.05) is 34.9 Å². The quantitative estimate of drug-likeness (QED) is 0.663. The Morgan fingerprint density at radius 3 is 2.42 bits per heavy atom. The van der Waals surface area contributed by atoms with Crippen LogP contribution in [0.3, 0.4) is 0 Å². The first-order valence-electron chi connectivity index (χ1n) is 10.3. The molecule has 0 saturated carbocycles. The molecule has 1 saturated heterocycles. The Kier molecular flexibility index (Phi) is 7.63. The number of amides is 3. The van der Waals surface area contributed by atoms with Crippen LogP contribution in [-0.2, 0) is 4.79 Å². The van der Waals surface area contributed by atoms with Gasteiger partial charge in [-0.25, -0.2) is 0 Å². The molecule has 0 spiro atoms. The summed E-state index contributed by atoms with van der Waals surface area (Å²) in [7, 11) is 0. The molecule has 33 heavy (non-hydrogen) atoms. The van der Waals surface area contributed by atoms with Gasteiger partial charge in [-0.2, -0.15) is 13.2 Å². The number of aryl methyl sites for hydroxylation is 1. The Hall–Kier alpha value is -3.07. The molecule has 3 rings (SSSR count). The SMILES string of the molecule is Cc1ccc(C(=O)NCC(F)(F)F)cc1NC(=O)C1CCCN(C(=O)c2ccc(Cl)cc2)C1. The first-order valence-corrected chi connectivity index (χ1v) is 10.7. The Bertz CT molecular complexity index is 1040. The number of nitrogens with one attached hydrogen (secondary N) is 2. The summed E-state index contributed by atoms with van der Waals surface area (Å²) < 4.78 is 37.1. The molecule has 6 nitrogen and oxygen atoms in total. The van der Waals surface area contributed by atoms with Crippen molar-refractivity contribution in [3.63, 3.8) is 0 Å². The minimum absolute atomic E-state index is 0.00309. The molecule has 3 amide bonds. The summed E-state index contributed by atoms with van der Waals surface area (Å²) in [4.78, 5) is 39.3. The molecule has 1 unspecified atom stereocenters. The molecule has 0 bridgehead atoms. The van der Waals surface area contributed by atoms with Crippen LogP contribution in [0.1, 0.15) is 39.1 Å². The van der Waals surface area contributed by atoms with E-state index in [0.717, 1.165) is 0 Å². The topological polar surface area (TPSA) is 78.5 Å². The van der Waals surface area contributed by atoms with Gasteiger partial charge in [0.25, 0.3) is 11.8 Å². The number of carbonyl (C=O) groups is 3. The van der Waals surface area contributed by atoms with E-state index in [-0.39, 0.29) is 23.9 Å². The first-order chi connectivity index (χ1) is 15.5. The maximum atomic E-state index is 12.9. The number of hydrogen-bond donors (Lipinski definition) is 2. The molecule has 176 valence electrons. The lowest BCUT2D eigenvalue weighted by atomic mass is 9.96. The summed E-state index contributed by atoms with van der Waals surface area (Å²) in [5.74, 6) is -1.86. The van der Waals surface area contributed by atoms with Crippen LogP contribution in [0.4, 0.5) is 18.9 Å². The van der Waals surface area contributed by atoms with Crippen molar-refractivity contribution in [2.75, 3.05) is 25.0 Å². The number of rotatable bonds is 5. The van der Waals surface area contributed by atoms with E-state index in [1.165, 1.54) is 12.1 Å². The van der Waals surface area contributed by atoms with Crippen molar-refractivity contribution in [1.82, 2.24) is 10.2 Å². The van der Waals surface area contributed by atoms with E-state index in [1.54, 1.807) is 42.2 Å². The van der Waals surface area contributed by atoms with Gasteiger partial charge >= 0.3 is 6.18 Å². The van der Waals surface area contributed by atoms with E-state index in [9.17, 15) is 27.6 Å². The van der Waals surface area contributed by atoms with Crippen molar-refractivity contribution in [2.45, 2.75) is 25.9 Å². The zero-order chi connectivity index (χ0) is 24.2. The van der Waals surface area contributed by atoms with Crippen LogP contribution in [-0.4, -0.2) is 48.4 Å². The van der Waals surface area contributed by atoms with Gasteiger partial charge in [0.1, 0.15) is 6.54 Å². The highest BCUT2D eigenvalue weighted by Crippen LogP contribution is 2.23. The van der Waals surface area contributed by atoms with Crippen LogP contribution in [0.5, 0.6) is 0 Å². The van der Waals surface area contributed by atoms with Crippen LogP contribution < -0.4 is 10.6 Å². The van der Waals surface area contributed by atoms with Gasteiger partial charge in [-0.15, -0.1) is 0 Å². The number of anilines is 1. The van der Waals surface area contributed by atoms with E-state index >= 15 is 0 Å². The molecule has 1 aliphatic rings. The number of nitrogens with zero attached hydrogens (tertiary/aromatic N) is 1. The minimum atomic E-state index is -4.52. The molecule has 2 N–H and O–H groups in total. The highest BCUT2D eigenvalue weighted by Gasteiger charge is 2.30. The van der Waals surface area contributed by atoms with E-state index in [0.29, 0.717) is 41.2 Å². The number of alkyl halides is 3. The summed E-state index contributed by atoms with van der Waals surface area (Å²) in [5.41, 5.74) is 1.47. The average Bonchev–Trinajstić information content (AvgIpc) is 2.78. The fourth-order valence-corrected chi connectivity index (χ4v) is 3.69. The molecule has 1 aliphatic heterocycles. The molecule has 1 atom stereocenters. The highest BCUT2D eigenvalue weighted by molar-refractivity contribution is 6.30. The number of hydrogen-bond acceptors (Lipinski definition) is 3. The van der Waals surface area contributed by atoms with E-state index in [1.807, 2.05) is 5.32 Å².